The number of aromatic amines is 1. The number of nitrogens with zero attached hydrogens (tertiary/aromatic N) is 1. The molecule has 1 aromatic heterocycles. The maximum atomic E-state index is 12.3. The van der Waals surface area contributed by atoms with Gasteiger partial charge in [-0.3, -0.25) is 14.5 Å². The summed E-state index contributed by atoms with van der Waals surface area (Å²) in [6.07, 6.45) is 4.73. The maximum Gasteiger partial charge on any atom is 0.227 e. The molecule has 0 saturated carbocycles. The number of pyridine rings is 1. The first-order chi connectivity index (χ1) is 11.2. The molecule has 1 aliphatic heterocycles. The van der Waals surface area contributed by atoms with Gasteiger partial charge in [-0.25, -0.2) is 0 Å². The van der Waals surface area contributed by atoms with Gasteiger partial charge in [-0.2, -0.15) is 0 Å². The highest BCUT2D eigenvalue weighted by Crippen LogP contribution is 2.20. The van der Waals surface area contributed by atoms with Crippen LogP contribution in [-0.2, 0) is 11.3 Å². The van der Waals surface area contributed by atoms with E-state index in [0.29, 0.717) is 5.69 Å². The zero-order valence-electron chi connectivity index (χ0n) is 13.0. The predicted molar refractivity (Wildman–Crippen MR) is 90.1 cm³/mol. The number of hydrogen-bond donors (Lipinski definition) is 2. The van der Waals surface area contributed by atoms with Gasteiger partial charge in [0.2, 0.25) is 11.3 Å². The Morgan fingerprint density at radius 3 is 2.61 bits per heavy atom. The molecule has 0 bridgehead atoms. The van der Waals surface area contributed by atoms with Crippen LogP contribution in [0.1, 0.15) is 18.4 Å². The summed E-state index contributed by atoms with van der Waals surface area (Å²) in [5.41, 5.74) is 1.45. The van der Waals surface area contributed by atoms with Crippen LogP contribution in [0.25, 0.3) is 0 Å². The van der Waals surface area contributed by atoms with Crippen molar-refractivity contribution in [2.75, 3.05) is 18.4 Å². The second-order valence-corrected chi connectivity index (χ2v) is 5.95. The van der Waals surface area contributed by atoms with Crippen LogP contribution in [-0.4, -0.2) is 28.9 Å². The number of likely N-dealkylation sites (tertiary alicyclic amines) is 1. The molecule has 3 rings (SSSR count). The van der Waals surface area contributed by atoms with Crippen molar-refractivity contribution in [1.29, 1.82) is 0 Å². The van der Waals surface area contributed by atoms with E-state index in [1.807, 2.05) is 18.2 Å². The Labute approximate surface area is 135 Å². The Kier molecular flexibility index (Phi) is 4.88. The number of anilines is 1. The van der Waals surface area contributed by atoms with Crippen LogP contribution in [0.4, 0.5) is 5.69 Å². The van der Waals surface area contributed by atoms with Crippen LogP contribution in [0.2, 0.25) is 0 Å². The molecule has 1 fully saturated rings. The van der Waals surface area contributed by atoms with E-state index >= 15 is 0 Å². The van der Waals surface area contributed by atoms with Crippen molar-refractivity contribution in [1.82, 2.24) is 9.88 Å². The van der Waals surface area contributed by atoms with Crippen molar-refractivity contribution in [2.24, 2.45) is 5.92 Å². The molecule has 0 radical (unpaired) electrons. The molecule has 1 amide bonds. The zero-order valence-corrected chi connectivity index (χ0v) is 13.0. The van der Waals surface area contributed by atoms with Crippen LogP contribution in [0, 0.1) is 5.92 Å². The summed E-state index contributed by atoms with van der Waals surface area (Å²) in [7, 11) is 0. The normalized spacial score (nSPS) is 16.2. The highest BCUT2D eigenvalue weighted by molar-refractivity contribution is 5.92. The number of hydrogen-bond acceptors (Lipinski definition) is 3. The van der Waals surface area contributed by atoms with E-state index in [4.69, 9.17) is 0 Å². The van der Waals surface area contributed by atoms with Gasteiger partial charge in [0.1, 0.15) is 5.69 Å². The smallest absolute Gasteiger partial charge is 0.227 e. The first-order valence-electron chi connectivity index (χ1n) is 7.96. The molecule has 1 aromatic carbocycles. The summed E-state index contributed by atoms with van der Waals surface area (Å²) in [5.74, 6) is -0.0808. The molecule has 0 unspecified atom stereocenters. The fourth-order valence-electron chi connectivity index (χ4n) is 2.94. The van der Waals surface area contributed by atoms with Crippen molar-refractivity contribution in [3.8, 4) is 0 Å². The third kappa shape index (κ3) is 4.07. The number of amides is 1. The molecule has 2 aromatic rings. The quantitative estimate of drug-likeness (QED) is 0.910. The predicted octanol–water partition coefficient (Wildman–Crippen LogP) is 2.23. The minimum Gasteiger partial charge on any atom is -0.366 e. The summed E-state index contributed by atoms with van der Waals surface area (Å²) in [4.78, 5) is 29.1. The number of benzene rings is 1. The van der Waals surface area contributed by atoms with Gasteiger partial charge in [0.25, 0.3) is 0 Å². The van der Waals surface area contributed by atoms with Crippen molar-refractivity contribution < 1.29 is 4.79 Å². The number of carbonyl (C=O) groups is 1. The molecule has 23 heavy (non-hydrogen) atoms. The topological polar surface area (TPSA) is 65.2 Å². The number of carbonyl (C=O) groups excluding carboxylic acids is 1. The first-order valence-corrected chi connectivity index (χ1v) is 7.96. The number of H-pyrrole nitrogens is 1. The van der Waals surface area contributed by atoms with Crippen molar-refractivity contribution >= 4 is 11.6 Å². The van der Waals surface area contributed by atoms with E-state index in [-0.39, 0.29) is 17.3 Å². The summed E-state index contributed by atoms with van der Waals surface area (Å²) in [6, 6.07) is 11.8. The summed E-state index contributed by atoms with van der Waals surface area (Å²) in [5, 5.41) is 2.74. The summed E-state index contributed by atoms with van der Waals surface area (Å²) in [6.45, 7) is 2.73. The summed E-state index contributed by atoms with van der Waals surface area (Å²) < 4.78 is 0. The van der Waals surface area contributed by atoms with Gasteiger partial charge in [-0.15, -0.1) is 0 Å². The van der Waals surface area contributed by atoms with E-state index in [9.17, 15) is 9.59 Å². The number of rotatable bonds is 4. The second kappa shape index (κ2) is 7.24. The number of piperidine rings is 1. The first kappa shape index (κ1) is 15.5. The average Bonchev–Trinajstić information content (AvgIpc) is 2.58. The van der Waals surface area contributed by atoms with Crippen LogP contribution >= 0.6 is 0 Å². The van der Waals surface area contributed by atoms with Gasteiger partial charge in [-0.1, -0.05) is 30.3 Å². The lowest BCUT2D eigenvalue weighted by Gasteiger charge is -2.31. The van der Waals surface area contributed by atoms with Crippen molar-refractivity contribution in [3.63, 3.8) is 0 Å². The molecule has 2 heterocycles. The van der Waals surface area contributed by atoms with Crippen LogP contribution in [0.3, 0.4) is 0 Å². The van der Waals surface area contributed by atoms with E-state index in [2.05, 4.69) is 27.3 Å². The Balaban J connectivity index is 1.51. The molecule has 0 atom stereocenters. The lowest BCUT2D eigenvalue weighted by atomic mass is 9.95. The highest BCUT2D eigenvalue weighted by Gasteiger charge is 2.25. The highest BCUT2D eigenvalue weighted by atomic mass is 16.2. The molecule has 120 valence electrons. The van der Waals surface area contributed by atoms with E-state index < -0.39 is 0 Å². The van der Waals surface area contributed by atoms with E-state index in [1.165, 1.54) is 17.8 Å². The fraction of sp³-hybridized carbons (Fsp3) is 0.333. The van der Waals surface area contributed by atoms with Gasteiger partial charge in [0, 0.05) is 30.9 Å². The third-order valence-corrected chi connectivity index (χ3v) is 4.29. The Bertz CT molecular complexity index is 703. The maximum absolute atomic E-state index is 12.3. The van der Waals surface area contributed by atoms with Gasteiger partial charge in [0.05, 0.1) is 0 Å². The molecular weight excluding hydrogens is 290 g/mol. The van der Waals surface area contributed by atoms with Gasteiger partial charge >= 0.3 is 0 Å². The number of nitrogens with one attached hydrogen (secondary N) is 2. The van der Waals surface area contributed by atoms with Crippen LogP contribution in [0.15, 0.2) is 53.6 Å². The van der Waals surface area contributed by atoms with Crippen molar-refractivity contribution in [2.45, 2.75) is 19.4 Å². The second-order valence-electron chi connectivity index (χ2n) is 5.95. The molecular formula is C18H21N3O2. The van der Waals surface area contributed by atoms with Gasteiger partial charge in [0.15, 0.2) is 0 Å². The molecule has 5 nitrogen and oxygen atoms in total. The Morgan fingerprint density at radius 2 is 1.91 bits per heavy atom. The fourth-order valence-corrected chi connectivity index (χ4v) is 2.94. The lowest BCUT2D eigenvalue weighted by molar-refractivity contribution is -0.121. The molecule has 0 aliphatic carbocycles. The standard InChI is InChI=1S/C18H21N3O2/c22-17-6-9-19-12-16(17)20-18(23)15-7-10-21(11-8-15)13-14-4-2-1-3-5-14/h1-6,9,12,15H,7-8,10-11,13H2,(H,19,22)(H,20,23). The minimum atomic E-state index is -0.168. The SMILES string of the molecule is O=C(Nc1c[nH]ccc1=O)C1CCN(Cc2ccccc2)CC1. The lowest BCUT2D eigenvalue weighted by Crippen LogP contribution is -2.38. The summed E-state index contributed by atoms with van der Waals surface area (Å²) >= 11 is 0. The monoisotopic (exact) mass is 311 g/mol. The average molecular weight is 311 g/mol. The number of aromatic nitrogens is 1. The van der Waals surface area contributed by atoms with Crippen LogP contribution < -0.4 is 10.7 Å². The zero-order chi connectivity index (χ0) is 16.1. The molecule has 5 heteroatoms. The van der Waals surface area contributed by atoms with Gasteiger partial charge < -0.3 is 10.3 Å². The van der Waals surface area contributed by atoms with E-state index in [1.54, 1.807) is 6.20 Å². The third-order valence-electron chi connectivity index (χ3n) is 4.29. The van der Waals surface area contributed by atoms with E-state index in [0.717, 1.165) is 32.5 Å². The molecule has 0 spiro atoms. The molecule has 1 aliphatic rings. The largest absolute Gasteiger partial charge is 0.366 e. The Morgan fingerprint density at radius 1 is 1.17 bits per heavy atom. The molecule has 1 saturated heterocycles. The van der Waals surface area contributed by atoms with Crippen molar-refractivity contribution in [3.05, 3.63) is 64.6 Å². The molecule has 2 N–H and O–H groups in total. The van der Waals surface area contributed by atoms with Crippen LogP contribution in [0.5, 0.6) is 0 Å². The minimum absolute atomic E-state index is 0.0263. The Hall–Kier alpha value is -2.40. The van der Waals surface area contributed by atoms with Gasteiger partial charge in [-0.05, 0) is 31.5 Å².